The molecule has 3 aromatic rings. The molecular weight excluding hydrogens is 378 g/mol. The van der Waals surface area contributed by atoms with Gasteiger partial charge in [-0.25, -0.2) is 19.8 Å². The van der Waals surface area contributed by atoms with Gasteiger partial charge in [0.1, 0.15) is 5.82 Å². The lowest BCUT2D eigenvalue weighted by Crippen LogP contribution is -2.28. The van der Waals surface area contributed by atoms with Crippen LogP contribution in [0.5, 0.6) is 0 Å². The van der Waals surface area contributed by atoms with Crippen LogP contribution in [0, 0.1) is 6.57 Å². The number of anilines is 2. The summed E-state index contributed by atoms with van der Waals surface area (Å²) in [6, 6.07) is 6.01. The van der Waals surface area contributed by atoms with E-state index in [2.05, 4.69) is 36.6 Å². The van der Waals surface area contributed by atoms with Crippen LogP contribution in [0.1, 0.15) is 37.4 Å². The first-order valence-electron chi connectivity index (χ1n) is 9.93. The van der Waals surface area contributed by atoms with Crippen molar-refractivity contribution < 1.29 is 4.79 Å². The highest BCUT2D eigenvalue weighted by Gasteiger charge is 2.27. The van der Waals surface area contributed by atoms with E-state index in [1.54, 1.807) is 0 Å². The highest BCUT2D eigenvalue weighted by Crippen LogP contribution is 2.35. The van der Waals surface area contributed by atoms with E-state index in [0.717, 1.165) is 42.5 Å². The van der Waals surface area contributed by atoms with Gasteiger partial charge in [-0.2, -0.15) is 0 Å². The summed E-state index contributed by atoms with van der Waals surface area (Å²) in [5.74, 6) is 1.69. The normalized spacial score (nSPS) is 18.5. The lowest BCUT2D eigenvalue weighted by atomic mass is 9.85. The third-order valence-electron chi connectivity index (χ3n) is 5.51. The van der Waals surface area contributed by atoms with Crippen LogP contribution in [0.2, 0.25) is 0 Å². The number of hydrogen-bond donors (Lipinski definition) is 2. The molecule has 2 N–H and O–H groups in total. The molecule has 1 fully saturated rings. The minimum atomic E-state index is -0.238. The standard InChI is InChI=1S/C22H23N7O/c1-4-20(30)26-16-8-9-19-18(11-16)28-21(29(19)3)14-6-5-7-15(10-14)27-22-24-12-17(23-2)13-25-22/h4,8-9,11-15H,1,5-7,10H2,3H3,(H,26,30)(H,24,25,27)/t14-,15+/m0/s1. The van der Waals surface area contributed by atoms with Gasteiger partial charge >= 0.3 is 0 Å². The number of nitrogens with zero attached hydrogens (tertiary/aromatic N) is 5. The van der Waals surface area contributed by atoms with Gasteiger partial charge in [-0.05, 0) is 43.5 Å². The number of aromatic nitrogens is 4. The lowest BCUT2D eigenvalue weighted by molar-refractivity contribution is -0.111. The SMILES string of the molecule is [C-]#[N+]c1cnc(N[C@@H]2CCC[C@H](c3nc4cc(NC(=O)C=C)ccc4n3C)C2)nc1. The highest BCUT2D eigenvalue weighted by atomic mass is 16.1. The predicted molar refractivity (Wildman–Crippen MR) is 116 cm³/mol. The van der Waals surface area contributed by atoms with Crippen molar-refractivity contribution in [2.24, 2.45) is 7.05 Å². The number of aryl methyl sites for hydroxylation is 1. The number of benzene rings is 1. The van der Waals surface area contributed by atoms with E-state index in [4.69, 9.17) is 11.6 Å². The van der Waals surface area contributed by atoms with Crippen molar-refractivity contribution in [2.45, 2.75) is 37.6 Å². The summed E-state index contributed by atoms with van der Waals surface area (Å²) < 4.78 is 2.14. The molecule has 2 aromatic heterocycles. The molecule has 8 nitrogen and oxygen atoms in total. The maximum Gasteiger partial charge on any atom is 0.247 e. The maximum absolute atomic E-state index is 11.6. The number of fused-ring (bicyclic) bond motifs is 1. The summed E-state index contributed by atoms with van der Waals surface area (Å²) in [6.45, 7) is 10.5. The van der Waals surface area contributed by atoms with Crippen molar-refractivity contribution in [1.29, 1.82) is 0 Å². The van der Waals surface area contributed by atoms with Crippen LogP contribution in [-0.4, -0.2) is 31.5 Å². The minimum Gasteiger partial charge on any atom is -0.352 e. The van der Waals surface area contributed by atoms with E-state index >= 15 is 0 Å². The van der Waals surface area contributed by atoms with Gasteiger partial charge in [0.15, 0.2) is 0 Å². The molecule has 0 spiro atoms. The molecular formula is C22H23N7O. The van der Waals surface area contributed by atoms with Gasteiger partial charge in [-0.1, -0.05) is 13.0 Å². The molecule has 30 heavy (non-hydrogen) atoms. The molecule has 4 rings (SSSR count). The van der Waals surface area contributed by atoms with Gasteiger partial charge in [0.05, 0.1) is 17.6 Å². The first-order valence-corrected chi connectivity index (χ1v) is 9.93. The summed E-state index contributed by atoms with van der Waals surface area (Å²) in [7, 11) is 2.04. The summed E-state index contributed by atoms with van der Waals surface area (Å²) in [5, 5.41) is 6.19. The number of rotatable bonds is 5. The van der Waals surface area contributed by atoms with Crippen LogP contribution >= 0.6 is 0 Å². The van der Waals surface area contributed by atoms with Gasteiger partial charge < -0.3 is 15.2 Å². The summed E-state index contributed by atoms with van der Waals surface area (Å²) in [4.78, 5) is 28.3. The fourth-order valence-electron chi connectivity index (χ4n) is 4.05. The Morgan fingerprint density at radius 3 is 2.87 bits per heavy atom. The van der Waals surface area contributed by atoms with Crippen LogP contribution < -0.4 is 10.6 Å². The predicted octanol–water partition coefficient (Wildman–Crippen LogP) is 4.18. The fraction of sp³-hybridized carbons (Fsp3) is 0.318. The molecule has 1 amide bonds. The number of imidazole rings is 1. The van der Waals surface area contributed by atoms with Crippen LogP contribution in [0.25, 0.3) is 15.9 Å². The Morgan fingerprint density at radius 1 is 1.33 bits per heavy atom. The minimum absolute atomic E-state index is 0.238. The molecule has 0 unspecified atom stereocenters. The molecule has 0 radical (unpaired) electrons. The largest absolute Gasteiger partial charge is 0.352 e. The van der Waals surface area contributed by atoms with E-state index < -0.39 is 0 Å². The average molecular weight is 401 g/mol. The van der Waals surface area contributed by atoms with Gasteiger partial charge in [0.25, 0.3) is 0 Å². The second-order valence-electron chi connectivity index (χ2n) is 7.51. The maximum atomic E-state index is 11.6. The van der Waals surface area contributed by atoms with Crippen LogP contribution in [0.4, 0.5) is 17.3 Å². The number of carbonyl (C=O) groups is 1. The second kappa shape index (κ2) is 8.33. The monoisotopic (exact) mass is 401 g/mol. The molecule has 1 aliphatic rings. The van der Waals surface area contributed by atoms with Crippen LogP contribution in [0.15, 0.2) is 43.2 Å². The zero-order chi connectivity index (χ0) is 21.1. The number of hydrogen-bond acceptors (Lipinski definition) is 5. The van der Waals surface area contributed by atoms with Crippen molar-refractivity contribution in [3.05, 3.63) is 60.5 Å². The molecule has 152 valence electrons. The number of nitrogens with one attached hydrogen (secondary N) is 2. The number of carbonyl (C=O) groups excluding carboxylic acids is 1. The highest BCUT2D eigenvalue weighted by molar-refractivity contribution is 6.00. The van der Waals surface area contributed by atoms with E-state index in [0.29, 0.717) is 23.2 Å². The molecule has 1 aliphatic carbocycles. The Bertz CT molecular complexity index is 1130. The number of amides is 1. The van der Waals surface area contributed by atoms with E-state index in [1.165, 1.54) is 18.5 Å². The van der Waals surface area contributed by atoms with Gasteiger partial charge in [-0.3, -0.25) is 4.79 Å². The van der Waals surface area contributed by atoms with Gasteiger partial charge in [0.2, 0.25) is 17.5 Å². The molecule has 0 saturated heterocycles. The van der Waals surface area contributed by atoms with Crippen molar-refractivity contribution in [3.8, 4) is 0 Å². The third-order valence-corrected chi connectivity index (χ3v) is 5.51. The van der Waals surface area contributed by atoms with Crippen molar-refractivity contribution in [2.75, 3.05) is 10.6 Å². The smallest absolute Gasteiger partial charge is 0.247 e. The first-order chi connectivity index (χ1) is 14.6. The second-order valence-corrected chi connectivity index (χ2v) is 7.51. The average Bonchev–Trinajstić information content (AvgIpc) is 3.10. The Kier molecular flexibility index (Phi) is 5.44. The Morgan fingerprint density at radius 2 is 2.13 bits per heavy atom. The topological polar surface area (TPSA) is 89.1 Å². The molecule has 0 aliphatic heterocycles. The zero-order valence-electron chi connectivity index (χ0n) is 16.8. The third kappa shape index (κ3) is 4.01. The van der Waals surface area contributed by atoms with E-state index in [-0.39, 0.29) is 11.9 Å². The van der Waals surface area contributed by atoms with E-state index in [9.17, 15) is 4.79 Å². The molecule has 0 bridgehead atoms. The molecule has 2 heterocycles. The van der Waals surface area contributed by atoms with Gasteiger partial charge in [-0.15, -0.1) is 0 Å². The van der Waals surface area contributed by atoms with Crippen molar-refractivity contribution in [3.63, 3.8) is 0 Å². The Labute approximate surface area is 174 Å². The zero-order valence-corrected chi connectivity index (χ0v) is 16.8. The van der Waals surface area contributed by atoms with Crippen molar-refractivity contribution >= 4 is 34.3 Å². The quantitative estimate of drug-likeness (QED) is 0.495. The van der Waals surface area contributed by atoms with E-state index in [1.807, 2.05) is 25.2 Å². The van der Waals surface area contributed by atoms with Crippen LogP contribution in [-0.2, 0) is 11.8 Å². The Balaban J connectivity index is 1.52. The fourth-order valence-corrected chi connectivity index (χ4v) is 4.05. The lowest BCUT2D eigenvalue weighted by Gasteiger charge is -2.29. The van der Waals surface area contributed by atoms with Crippen LogP contribution in [0.3, 0.4) is 0 Å². The molecule has 1 saturated carbocycles. The Hall–Kier alpha value is -3.73. The first kappa shape index (κ1) is 19.6. The van der Waals surface area contributed by atoms with Gasteiger partial charge in [0, 0.05) is 37.1 Å². The summed E-state index contributed by atoms with van der Waals surface area (Å²) >= 11 is 0. The molecule has 1 aromatic carbocycles. The molecule has 2 atom stereocenters. The molecule has 8 heteroatoms. The summed E-state index contributed by atoms with van der Waals surface area (Å²) in [5.41, 5.74) is 3.04. The summed E-state index contributed by atoms with van der Waals surface area (Å²) in [6.07, 6.45) is 8.48. The van der Waals surface area contributed by atoms with Crippen molar-refractivity contribution in [1.82, 2.24) is 19.5 Å².